The summed E-state index contributed by atoms with van der Waals surface area (Å²) in [5.41, 5.74) is -4.10. The van der Waals surface area contributed by atoms with Gasteiger partial charge in [0.25, 0.3) is 0 Å². The van der Waals surface area contributed by atoms with Crippen LogP contribution in [-0.2, 0) is 4.74 Å². The van der Waals surface area contributed by atoms with Gasteiger partial charge in [-0.05, 0) is 31.0 Å². The standard InChI is InChI=1S/C9H16F3NOS/c1-14-8-3-2-7(6-8)13-4-5-15-9(10,11)12/h7-8,13H,2-6H2,1H3. The molecule has 0 radical (unpaired) electrons. The van der Waals surface area contributed by atoms with E-state index in [2.05, 4.69) is 5.32 Å². The number of nitrogens with one attached hydrogen (secondary N) is 1. The molecule has 6 heteroatoms. The molecule has 1 aliphatic carbocycles. The first-order chi connectivity index (χ1) is 7.01. The molecular formula is C9H16F3NOS. The highest BCUT2D eigenvalue weighted by atomic mass is 32.2. The molecule has 2 atom stereocenters. The molecule has 0 heterocycles. The molecule has 0 amide bonds. The number of alkyl halides is 3. The van der Waals surface area contributed by atoms with E-state index in [0.29, 0.717) is 12.6 Å². The second-order valence-electron chi connectivity index (χ2n) is 3.62. The van der Waals surface area contributed by atoms with Crippen molar-refractivity contribution in [3.8, 4) is 0 Å². The number of thioether (sulfide) groups is 1. The second-order valence-corrected chi connectivity index (χ2v) is 4.78. The van der Waals surface area contributed by atoms with E-state index in [1.165, 1.54) is 0 Å². The molecule has 1 aliphatic rings. The highest BCUT2D eigenvalue weighted by Gasteiger charge is 2.28. The molecule has 0 saturated heterocycles. The van der Waals surface area contributed by atoms with Crippen LogP contribution < -0.4 is 5.32 Å². The Hall–Kier alpha value is 0.0600. The van der Waals surface area contributed by atoms with Crippen LogP contribution >= 0.6 is 11.8 Å². The topological polar surface area (TPSA) is 21.3 Å². The fourth-order valence-corrected chi connectivity index (χ4v) is 2.22. The third-order valence-electron chi connectivity index (χ3n) is 2.52. The summed E-state index contributed by atoms with van der Waals surface area (Å²) in [6.07, 6.45) is 3.18. The number of methoxy groups -OCH3 is 1. The van der Waals surface area contributed by atoms with Crippen molar-refractivity contribution in [1.29, 1.82) is 0 Å². The van der Waals surface area contributed by atoms with Gasteiger partial charge in [0.15, 0.2) is 0 Å². The van der Waals surface area contributed by atoms with Crippen LogP contribution in [-0.4, -0.2) is 37.1 Å². The smallest absolute Gasteiger partial charge is 0.381 e. The zero-order chi connectivity index (χ0) is 11.3. The van der Waals surface area contributed by atoms with Crippen molar-refractivity contribution in [2.75, 3.05) is 19.4 Å². The van der Waals surface area contributed by atoms with E-state index < -0.39 is 5.51 Å². The largest absolute Gasteiger partial charge is 0.441 e. The first kappa shape index (κ1) is 13.1. The van der Waals surface area contributed by atoms with Crippen molar-refractivity contribution < 1.29 is 17.9 Å². The minimum Gasteiger partial charge on any atom is -0.381 e. The van der Waals surface area contributed by atoms with E-state index in [-0.39, 0.29) is 23.6 Å². The van der Waals surface area contributed by atoms with Crippen LogP contribution in [0.4, 0.5) is 13.2 Å². The molecule has 0 aromatic rings. The van der Waals surface area contributed by atoms with Gasteiger partial charge in [-0.2, -0.15) is 13.2 Å². The van der Waals surface area contributed by atoms with Crippen LogP contribution in [0.5, 0.6) is 0 Å². The normalized spacial score (nSPS) is 27.2. The summed E-state index contributed by atoms with van der Waals surface area (Å²) in [6, 6.07) is 0.323. The molecule has 1 N–H and O–H groups in total. The Morgan fingerprint density at radius 2 is 2.13 bits per heavy atom. The first-order valence-corrected chi connectivity index (χ1v) is 5.96. The summed E-state index contributed by atoms with van der Waals surface area (Å²) in [5.74, 6) is 0.0810. The van der Waals surface area contributed by atoms with Crippen LogP contribution in [0, 0.1) is 0 Å². The fourth-order valence-electron chi connectivity index (χ4n) is 1.77. The van der Waals surface area contributed by atoms with Crippen molar-refractivity contribution in [2.24, 2.45) is 0 Å². The number of hydrogen-bond donors (Lipinski definition) is 1. The van der Waals surface area contributed by atoms with Gasteiger partial charge in [-0.3, -0.25) is 0 Å². The van der Waals surface area contributed by atoms with Crippen LogP contribution in [0.25, 0.3) is 0 Å². The molecule has 0 aromatic heterocycles. The van der Waals surface area contributed by atoms with Crippen LogP contribution in [0.15, 0.2) is 0 Å². The first-order valence-electron chi connectivity index (χ1n) is 4.98. The summed E-state index contributed by atoms with van der Waals surface area (Å²) in [5, 5.41) is 3.12. The van der Waals surface area contributed by atoms with Gasteiger partial charge in [0.2, 0.25) is 0 Å². The van der Waals surface area contributed by atoms with Gasteiger partial charge in [-0.25, -0.2) is 0 Å². The maximum absolute atomic E-state index is 11.8. The van der Waals surface area contributed by atoms with E-state index in [0.717, 1.165) is 19.3 Å². The van der Waals surface area contributed by atoms with Gasteiger partial charge in [0.05, 0.1) is 6.10 Å². The van der Waals surface area contributed by atoms with Crippen molar-refractivity contribution in [3.63, 3.8) is 0 Å². The summed E-state index contributed by atoms with van der Waals surface area (Å²) < 4.78 is 40.5. The molecule has 0 bridgehead atoms. The third-order valence-corrected chi connectivity index (χ3v) is 3.25. The Labute approximate surface area is 91.9 Å². The average molecular weight is 243 g/mol. The zero-order valence-corrected chi connectivity index (χ0v) is 9.46. The number of halogens is 3. The van der Waals surface area contributed by atoms with Crippen molar-refractivity contribution in [2.45, 2.75) is 36.9 Å². The van der Waals surface area contributed by atoms with Crippen LogP contribution in [0.2, 0.25) is 0 Å². The molecular weight excluding hydrogens is 227 g/mol. The van der Waals surface area contributed by atoms with Gasteiger partial charge in [0, 0.05) is 25.4 Å². The van der Waals surface area contributed by atoms with Gasteiger partial charge >= 0.3 is 5.51 Å². The van der Waals surface area contributed by atoms with Crippen LogP contribution in [0.3, 0.4) is 0 Å². The molecule has 90 valence electrons. The lowest BCUT2D eigenvalue weighted by Crippen LogP contribution is -2.29. The SMILES string of the molecule is COC1CCC(NCCSC(F)(F)F)C1. The average Bonchev–Trinajstić information content (AvgIpc) is 2.59. The predicted molar refractivity (Wildman–Crippen MR) is 55.0 cm³/mol. The molecule has 1 fully saturated rings. The Bertz CT molecular complexity index is 189. The van der Waals surface area contributed by atoms with Gasteiger partial charge in [0.1, 0.15) is 0 Å². The number of hydrogen-bond acceptors (Lipinski definition) is 3. The van der Waals surface area contributed by atoms with Gasteiger partial charge < -0.3 is 10.1 Å². The lowest BCUT2D eigenvalue weighted by Gasteiger charge is -2.13. The Kier molecular flexibility index (Phi) is 5.22. The quantitative estimate of drug-likeness (QED) is 0.749. The Morgan fingerprint density at radius 3 is 2.67 bits per heavy atom. The maximum Gasteiger partial charge on any atom is 0.441 e. The maximum atomic E-state index is 11.8. The van der Waals surface area contributed by atoms with Crippen molar-refractivity contribution in [1.82, 2.24) is 5.32 Å². The molecule has 0 aromatic carbocycles. The van der Waals surface area contributed by atoms with E-state index in [1.54, 1.807) is 7.11 Å². The summed E-state index contributed by atoms with van der Waals surface area (Å²) in [6.45, 7) is 0.408. The lowest BCUT2D eigenvalue weighted by atomic mass is 10.2. The zero-order valence-electron chi connectivity index (χ0n) is 8.64. The van der Waals surface area contributed by atoms with Crippen molar-refractivity contribution in [3.05, 3.63) is 0 Å². The second kappa shape index (κ2) is 5.96. The minimum absolute atomic E-state index is 0.0297. The number of rotatable bonds is 5. The Morgan fingerprint density at radius 1 is 1.40 bits per heavy atom. The molecule has 1 saturated carbocycles. The number of ether oxygens (including phenoxy) is 1. The molecule has 1 rings (SSSR count). The van der Waals surface area contributed by atoms with E-state index >= 15 is 0 Å². The third kappa shape index (κ3) is 5.63. The summed E-state index contributed by atoms with van der Waals surface area (Å²) in [4.78, 5) is 0. The highest BCUT2D eigenvalue weighted by molar-refractivity contribution is 8.00. The summed E-state index contributed by atoms with van der Waals surface area (Å²) >= 11 is 0.0297. The van der Waals surface area contributed by atoms with E-state index in [9.17, 15) is 13.2 Å². The fraction of sp³-hybridized carbons (Fsp3) is 1.00. The monoisotopic (exact) mass is 243 g/mol. The highest BCUT2D eigenvalue weighted by Crippen LogP contribution is 2.29. The Balaban J connectivity index is 2.02. The van der Waals surface area contributed by atoms with Crippen molar-refractivity contribution >= 4 is 11.8 Å². The minimum atomic E-state index is -4.10. The summed E-state index contributed by atoms with van der Waals surface area (Å²) in [7, 11) is 1.67. The van der Waals surface area contributed by atoms with E-state index in [1.807, 2.05) is 0 Å². The molecule has 15 heavy (non-hydrogen) atoms. The van der Waals surface area contributed by atoms with Gasteiger partial charge in [-0.15, -0.1) is 0 Å². The molecule has 0 spiro atoms. The molecule has 2 nitrogen and oxygen atoms in total. The predicted octanol–water partition coefficient (Wildman–Crippen LogP) is 2.40. The van der Waals surface area contributed by atoms with E-state index in [4.69, 9.17) is 4.74 Å². The lowest BCUT2D eigenvalue weighted by molar-refractivity contribution is -0.0327. The van der Waals surface area contributed by atoms with Crippen LogP contribution in [0.1, 0.15) is 19.3 Å². The molecule has 2 unspecified atom stereocenters. The van der Waals surface area contributed by atoms with Gasteiger partial charge in [-0.1, -0.05) is 0 Å². The molecule has 0 aliphatic heterocycles.